The van der Waals surface area contributed by atoms with Gasteiger partial charge in [0.2, 0.25) is 0 Å². The zero-order chi connectivity index (χ0) is 14.0. The number of rotatable bonds is 4. The minimum Gasteiger partial charge on any atom is -0.326 e. The van der Waals surface area contributed by atoms with Crippen molar-refractivity contribution in [3.8, 4) is 0 Å². The lowest BCUT2D eigenvalue weighted by Crippen LogP contribution is -2.15. The van der Waals surface area contributed by atoms with E-state index in [9.17, 15) is 8.42 Å². The van der Waals surface area contributed by atoms with Crippen LogP contribution in [0.3, 0.4) is 0 Å². The summed E-state index contributed by atoms with van der Waals surface area (Å²) in [4.78, 5) is 0.833. The second-order valence-electron chi connectivity index (χ2n) is 3.64. The Hall–Kier alpha value is -0.600. The SMILES string of the molecule is NCc1sccc1S(=O)(=O)Nc1ccc(Cl)cc1Br. The number of thiophene rings is 1. The van der Waals surface area contributed by atoms with Gasteiger partial charge in [0.15, 0.2) is 0 Å². The van der Waals surface area contributed by atoms with Crippen LogP contribution < -0.4 is 10.5 Å². The first-order valence-electron chi connectivity index (χ1n) is 5.18. The van der Waals surface area contributed by atoms with Gasteiger partial charge in [-0.25, -0.2) is 8.42 Å². The van der Waals surface area contributed by atoms with E-state index in [0.717, 1.165) is 0 Å². The molecule has 3 N–H and O–H groups in total. The number of halogens is 2. The Morgan fingerprint density at radius 3 is 2.74 bits per heavy atom. The summed E-state index contributed by atoms with van der Waals surface area (Å²) < 4.78 is 27.6. The highest BCUT2D eigenvalue weighted by Gasteiger charge is 2.20. The van der Waals surface area contributed by atoms with Crippen molar-refractivity contribution < 1.29 is 8.42 Å². The number of hydrogen-bond donors (Lipinski definition) is 2. The van der Waals surface area contributed by atoms with E-state index in [4.69, 9.17) is 17.3 Å². The van der Waals surface area contributed by atoms with E-state index in [2.05, 4.69) is 20.7 Å². The van der Waals surface area contributed by atoms with Gasteiger partial charge in [0.1, 0.15) is 4.90 Å². The van der Waals surface area contributed by atoms with E-state index >= 15 is 0 Å². The first-order chi connectivity index (χ1) is 8.94. The molecule has 0 aliphatic rings. The van der Waals surface area contributed by atoms with E-state index in [1.54, 1.807) is 29.6 Å². The van der Waals surface area contributed by atoms with Crippen molar-refractivity contribution in [2.45, 2.75) is 11.4 Å². The van der Waals surface area contributed by atoms with Crippen molar-refractivity contribution >= 4 is 54.6 Å². The topological polar surface area (TPSA) is 72.2 Å². The predicted molar refractivity (Wildman–Crippen MR) is 82.2 cm³/mol. The molecule has 4 nitrogen and oxygen atoms in total. The molecule has 0 fully saturated rings. The molecule has 0 amide bonds. The van der Waals surface area contributed by atoms with Gasteiger partial charge in [-0.15, -0.1) is 11.3 Å². The molecule has 2 aromatic rings. The second kappa shape index (κ2) is 5.80. The van der Waals surface area contributed by atoms with Crippen molar-refractivity contribution in [3.05, 3.63) is 44.0 Å². The van der Waals surface area contributed by atoms with Gasteiger partial charge in [-0.3, -0.25) is 4.72 Å². The fourth-order valence-electron chi connectivity index (χ4n) is 1.49. The Bertz CT molecular complexity index is 700. The van der Waals surface area contributed by atoms with Crippen LogP contribution in [-0.4, -0.2) is 8.42 Å². The summed E-state index contributed by atoms with van der Waals surface area (Å²) in [5.74, 6) is 0. The summed E-state index contributed by atoms with van der Waals surface area (Å²) in [6, 6.07) is 6.37. The van der Waals surface area contributed by atoms with Crippen LogP contribution in [0, 0.1) is 0 Å². The number of anilines is 1. The van der Waals surface area contributed by atoms with Crippen LogP contribution in [0.15, 0.2) is 39.0 Å². The molecular weight excluding hydrogens is 372 g/mol. The minimum absolute atomic E-state index is 0.190. The van der Waals surface area contributed by atoms with E-state index < -0.39 is 10.0 Å². The zero-order valence-corrected chi connectivity index (χ0v) is 13.5. The fraction of sp³-hybridized carbons (Fsp3) is 0.0909. The molecular formula is C11H10BrClN2O2S2. The third-order valence-electron chi connectivity index (χ3n) is 2.35. The van der Waals surface area contributed by atoms with Crippen LogP contribution in [0.5, 0.6) is 0 Å². The van der Waals surface area contributed by atoms with E-state index in [1.807, 2.05) is 0 Å². The number of sulfonamides is 1. The third-order valence-corrected chi connectivity index (χ3v) is 5.77. The largest absolute Gasteiger partial charge is 0.326 e. The Kier molecular flexibility index (Phi) is 4.52. The lowest BCUT2D eigenvalue weighted by molar-refractivity contribution is 0.600. The van der Waals surface area contributed by atoms with Crippen LogP contribution in [0.1, 0.15) is 4.88 Å². The van der Waals surface area contributed by atoms with Crippen molar-refractivity contribution in [2.24, 2.45) is 5.73 Å². The maximum absolute atomic E-state index is 12.3. The molecule has 0 aliphatic carbocycles. The van der Waals surface area contributed by atoms with Crippen molar-refractivity contribution in [1.29, 1.82) is 0 Å². The quantitative estimate of drug-likeness (QED) is 0.852. The molecule has 0 spiro atoms. The normalized spacial score (nSPS) is 11.5. The molecule has 0 radical (unpaired) electrons. The number of nitrogens with two attached hydrogens (primary N) is 1. The van der Waals surface area contributed by atoms with Crippen molar-refractivity contribution in [2.75, 3.05) is 4.72 Å². The second-order valence-corrected chi connectivity index (χ2v) is 7.58. The molecule has 2 rings (SSSR count). The van der Waals surface area contributed by atoms with Crippen LogP contribution in [0.2, 0.25) is 5.02 Å². The third kappa shape index (κ3) is 3.29. The summed E-state index contributed by atoms with van der Waals surface area (Å²) in [6.07, 6.45) is 0. The van der Waals surface area contributed by atoms with E-state index in [-0.39, 0.29) is 11.4 Å². The molecule has 0 atom stereocenters. The molecule has 8 heteroatoms. The van der Waals surface area contributed by atoms with Gasteiger partial charge in [0.05, 0.1) is 5.69 Å². The van der Waals surface area contributed by atoms with Gasteiger partial charge < -0.3 is 5.73 Å². The minimum atomic E-state index is -3.64. The number of benzene rings is 1. The average molecular weight is 382 g/mol. The summed E-state index contributed by atoms with van der Waals surface area (Å²) in [7, 11) is -3.64. The lowest BCUT2D eigenvalue weighted by atomic mass is 10.3. The molecule has 0 unspecified atom stereocenters. The van der Waals surface area contributed by atoms with Gasteiger partial charge in [-0.2, -0.15) is 0 Å². The van der Waals surface area contributed by atoms with Crippen LogP contribution >= 0.6 is 38.9 Å². The highest BCUT2D eigenvalue weighted by Crippen LogP contribution is 2.29. The summed E-state index contributed by atoms with van der Waals surface area (Å²) >= 11 is 10.4. The predicted octanol–water partition coefficient (Wildman–Crippen LogP) is 3.42. The molecule has 1 aromatic heterocycles. The van der Waals surface area contributed by atoms with Crippen molar-refractivity contribution in [3.63, 3.8) is 0 Å². The van der Waals surface area contributed by atoms with E-state index in [0.29, 0.717) is 20.1 Å². The summed E-state index contributed by atoms with van der Waals surface area (Å²) in [6.45, 7) is 0.190. The van der Waals surface area contributed by atoms with Gasteiger partial charge in [-0.1, -0.05) is 11.6 Å². The standard InChI is InChI=1S/C11H10BrClN2O2S2/c12-8-5-7(13)1-2-9(8)15-19(16,17)11-3-4-18-10(11)6-14/h1-5,15H,6,14H2. The Labute approximate surface area is 128 Å². The molecule has 102 valence electrons. The first kappa shape index (κ1) is 14.8. The Morgan fingerprint density at radius 1 is 1.37 bits per heavy atom. The van der Waals surface area contributed by atoms with Gasteiger partial charge in [0, 0.05) is 20.9 Å². The Balaban J connectivity index is 2.37. The molecule has 0 aliphatic heterocycles. The van der Waals surface area contributed by atoms with Crippen molar-refractivity contribution in [1.82, 2.24) is 0 Å². The smallest absolute Gasteiger partial charge is 0.263 e. The molecule has 0 bridgehead atoms. The highest BCUT2D eigenvalue weighted by atomic mass is 79.9. The monoisotopic (exact) mass is 380 g/mol. The van der Waals surface area contributed by atoms with E-state index in [1.165, 1.54) is 11.3 Å². The molecule has 0 saturated carbocycles. The van der Waals surface area contributed by atoms with Crippen LogP contribution in [-0.2, 0) is 16.6 Å². The van der Waals surface area contributed by atoms with Crippen LogP contribution in [0.4, 0.5) is 5.69 Å². The lowest BCUT2D eigenvalue weighted by Gasteiger charge is -2.10. The highest BCUT2D eigenvalue weighted by molar-refractivity contribution is 9.10. The number of hydrogen-bond acceptors (Lipinski definition) is 4. The molecule has 19 heavy (non-hydrogen) atoms. The zero-order valence-electron chi connectivity index (χ0n) is 9.56. The fourth-order valence-corrected chi connectivity index (χ4v) is 4.82. The summed E-state index contributed by atoms with van der Waals surface area (Å²) in [5.41, 5.74) is 5.96. The van der Waals surface area contributed by atoms with Gasteiger partial charge in [0.25, 0.3) is 10.0 Å². The van der Waals surface area contributed by atoms with Gasteiger partial charge in [-0.05, 0) is 45.6 Å². The molecule has 1 aromatic carbocycles. The Morgan fingerprint density at radius 2 is 2.11 bits per heavy atom. The maximum Gasteiger partial charge on any atom is 0.263 e. The van der Waals surface area contributed by atoms with Crippen LogP contribution in [0.25, 0.3) is 0 Å². The summed E-state index contributed by atoms with van der Waals surface area (Å²) in [5, 5.41) is 2.22. The van der Waals surface area contributed by atoms with Gasteiger partial charge >= 0.3 is 0 Å². The molecule has 1 heterocycles. The average Bonchev–Trinajstić information content (AvgIpc) is 2.82. The molecule has 0 saturated heterocycles. The number of nitrogens with one attached hydrogen (secondary N) is 1. The first-order valence-corrected chi connectivity index (χ1v) is 8.71. The maximum atomic E-state index is 12.3.